The molecule has 33 heavy (non-hydrogen) atoms. The molecule has 0 unspecified atom stereocenters. The molecule has 0 N–H and O–H groups in total. The number of carbonyl (C=O) groups excluding carboxylic acids is 2. The zero-order valence-corrected chi connectivity index (χ0v) is 23.0. The van der Waals surface area contributed by atoms with Gasteiger partial charge in [-0.25, -0.2) is 4.79 Å². The lowest BCUT2D eigenvalue weighted by Crippen LogP contribution is -2.51. The van der Waals surface area contributed by atoms with Crippen LogP contribution in [0.4, 0.5) is 0 Å². The minimum absolute atomic E-state index is 0.204. The maximum Gasteiger partial charge on any atom is 0.336 e. The molecule has 0 spiro atoms. The van der Waals surface area contributed by atoms with Crippen LogP contribution in [0.2, 0.25) is 18.1 Å². The molecule has 5 nitrogen and oxygen atoms in total. The number of ketones is 1. The van der Waals surface area contributed by atoms with Crippen molar-refractivity contribution in [3.8, 4) is 0 Å². The molecule has 0 bridgehead atoms. The quantitative estimate of drug-likeness (QED) is 0.318. The number of carbonyl (C=O) groups is 2. The predicted molar refractivity (Wildman–Crippen MR) is 133 cm³/mol. The van der Waals surface area contributed by atoms with Crippen molar-refractivity contribution in [3.63, 3.8) is 0 Å². The highest BCUT2D eigenvalue weighted by atomic mass is 28.4. The van der Waals surface area contributed by atoms with Crippen LogP contribution >= 0.6 is 0 Å². The summed E-state index contributed by atoms with van der Waals surface area (Å²) in [6.07, 6.45) is 5.52. The van der Waals surface area contributed by atoms with Gasteiger partial charge in [0.05, 0.1) is 24.4 Å². The molecule has 0 radical (unpaired) electrons. The smallest absolute Gasteiger partial charge is 0.336 e. The first-order valence-corrected chi connectivity index (χ1v) is 15.4. The second-order valence-electron chi connectivity index (χ2n) is 10.9. The Morgan fingerprint density at radius 1 is 1.12 bits per heavy atom. The normalized spacial score (nSPS) is 32.4. The van der Waals surface area contributed by atoms with E-state index < -0.39 is 13.9 Å². The van der Waals surface area contributed by atoms with Gasteiger partial charge in [0, 0.05) is 19.1 Å². The van der Waals surface area contributed by atoms with Crippen LogP contribution in [0, 0.1) is 17.3 Å². The van der Waals surface area contributed by atoms with Gasteiger partial charge in [0.15, 0.2) is 14.1 Å². The SMILES string of the molecule is CC[Si](CC)(CC)O[C@]12CC[C@@H](OC)C(C(=O)OC)=C1C=C1C(=O)C[C@H](C(C)C)[C@@]1(C)CC2. The van der Waals surface area contributed by atoms with Gasteiger partial charge in [-0.3, -0.25) is 4.79 Å². The van der Waals surface area contributed by atoms with Crippen LogP contribution in [0.5, 0.6) is 0 Å². The van der Waals surface area contributed by atoms with E-state index >= 15 is 0 Å². The van der Waals surface area contributed by atoms with Crippen LogP contribution in [0.15, 0.2) is 22.8 Å². The van der Waals surface area contributed by atoms with Gasteiger partial charge in [-0.1, -0.05) is 41.5 Å². The lowest BCUT2D eigenvalue weighted by molar-refractivity contribution is -0.138. The summed E-state index contributed by atoms with van der Waals surface area (Å²) in [5.74, 6) is 0.568. The average Bonchev–Trinajstić information content (AvgIpc) is 2.98. The van der Waals surface area contributed by atoms with Crippen LogP contribution in [-0.4, -0.2) is 46.0 Å². The standard InChI is InChI=1S/C27H44O5Si/c1-9-33(10-2,11-3)32-27-13-12-23(30-7)24(25(29)31-8)21(27)16-20-22(28)17-19(18(4)5)26(20,6)14-15-27/h16,18-19,23H,9-15,17H2,1-8H3/t19-,23-,26-,27+/m1/s1. The molecule has 0 aromatic carbocycles. The van der Waals surface area contributed by atoms with E-state index in [1.54, 1.807) is 7.11 Å². The van der Waals surface area contributed by atoms with Gasteiger partial charge in [-0.2, -0.15) is 0 Å². The van der Waals surface area contributed by atoms with Crippen LogP contribution in [0.1, 0.15) is 73.6 Å². The van der Waals surface area contributed by atoms with Crippen molar-refractivity contribution >= 4 is 20.1 Å². The number of rotatable bonds is 8. The van der Waals surface area contributed by atoms with Gasteiger partial charge in [0.1, 0.15) is 0 Å². The number of ether oxygens (including phenoxy) is 2. The van der Waals surface area contributed by atoms with Gasteiger partial charge in [-0.05, 0) is 72.7 Å². The monoisotopic (exact) mass is 476 g/mol. The van der Waals surface area contributed by atoms with Crippen molar-refractivity contribution in [3.05, 3.63) is 22.8 Å². The van der Waals surface area contributed by atoms with E-state index in [-0.39, 0.29) is 23.3 Å². The zero-order valence-electron chi connectivity index (χ0n) is 22.0. The lowest BCUT2D eigenvalue weighted by Gasteiger charge is -2.47. The van der Waals surface area contributed by atoms with Crippen LogP contribution in [0.25, 0.3) is 0 Å². The summed E-state index contributed by atoms with van der Waals surface area (Å²) >= 11 is 0. The summed E-state index contributed by atoms with van der Waals surface area (Å²) in [5, 5.41) is 0. The summed E-state index contributed by atoms with van der Waals surface area (Å²) in [6.45, 7) is 13.4. The third-order valence-corrected chi connectivity index (χ3v) is 13.9. The van der Waals surface area contributed by atoms with Crippen molar-refractivity contribution in [2.45, 2.75) is 103 Å². The maximum atomic E-state index is 13.3. The van der Waals surface area contributed by atoms with Gasteiger partial charge in [0.25, 0.3) is 0 Å². The Bertz CT molecular complexity index is 831. The van der Waals surface area contributed by atoms with Gasteiger partial charge < -0.3 is 13.9 Å². The number of esters is 1. The van der Waals surface area contributed by atoms with Crippen molar-refractivity contribution < 1.29 is 23.5 Å². The molecule has 0 aromatic rings. The first kappa shape index (κ1) is 26.4. The van der Waals surface area contributed by atoms with Crippen LogP contribution in [0.3, 0.4) is 0 Å². The Labute approximate surface area is 201 Å². The number of fused-ring (bicyclic) bond motifs is 2. The van der Waals surface area contributed by atoms with Gasteiger partial charge in [0.2, 0.25) is 0 Å². The molecule has 1 fully saturated rings. The summed E-state index contributed by atoms with van der Waals surface area (Å²) in [7, 11) is 1.06. The molecule has 0 aromatic heterocycles. The second-order valence-corrected chi connectivity index (χ2v) is 15.6. The Morgan fingerprint density at radius 2 is 1.76 bits per heavy atom. The predicted octanol–water partition coefficient (Wildman–Crippen LogP) is 6.00. The van der Waals surface area contributed by atoms with Crippen molar-refractivity contribution in [2.75, 3.05) is 14.2 Å². The van der Waals surface area contributed by atoms with E-state index in [1.165, 1.54) is 7.11 Å². The molecule has 0 heterocycles. The summed E-state index contributed by atoms with van der Waals surface area (Å²) in [6, 6.07) is 3.12. The molecule has 0 saturated heterocycles. The topological polar surface area (TPSA) is 61.8 Å². The van der Waals surface area contributed by atoms with E-state index in [0.29, 0.717) is 30.3 Å². The molecule has 3 aliphatic carbocycles. The van der Waals surface area contributed by atoms with E-state index in [2.05, 4.69) is 47.6 Å². The van der Waals surface area contributed by atoms with Crippen LogP contribution < -0.4 is 0 Å². The van der Waals surface area contributed by atoms with E-state index in [0.717, 1.165) is 48.5 Å². The Morgan fingerprint density at radius 3 is 2.27 bits per heavy atom. The molecular formula is C27H44O5Si. The fraction of sp³-hybridized carbons (Fsp3) is 0.778. The van der Waals surface area contributed by atoms with Crippen LogP contribution in [-0.2, 0) is 23.5 Å². The Balaban J connectivity index is 2.30. The summed E-state index contributed by atoms with van der Waals surface area (Å²) in [5.41, 5.74) is 1.52. The molecule has 3 aliphatic rings. The van der Waals surface area contributed by atoms with Crippen molar-refractivity contribution in [1.29, 1.82) is 0 Å². The summed E-state index contributed by atoms with van der Waals surface area (Å²) < 4.78 is 18.3. The molecule has 1 saturated carbocycles. The van der Waals surface area contributed by atoms with E-state index in [1.807, 2.05) is 0 Å². The zero-order chi connectivity index (χ0) is 24.6. The van der Waals surface area contributed by atoms with Gasteiger partial charge in [-0.15, -0.1) is 0 Å². The fourth-order valence-corrected chi connectivity index (χ4v) is 9.93. The Hall–Kier alpha value is -1.24. The third-order valence-electron chi connectivity index (χ3n) is 9.23. The molecule has 6 heteroatoms. The first-order chi connectivity index (χ1) is 15.6. The number of methoxy groups -OCH3 is 2. The minimum Gasteiger partial charge on any atom is -0.466 e. The minimum atomic E-state index is -2.01. The highest BCUT2D eigenvalue weighted by Gasteiger charge is 2.56. The number of hydrogen-bond donors (Lipinski definition) is 0. The Kier molecular flexibility index (Phi) is 7.82. The fourth-order valence-electron chi connectivity index (χ4n) is 6.85. The van der Waals surface area contributed by atoms with Crippen molar-refractivity contribution in [1.82, 2.24) is 0 Å². The van der Waals surface area contributed by atoms with E-state index in [4.69, 9.17) is 13.9 Å². The van der Waals surface area contributed by atoms with Crippen molar-refractivity contribution in [2.24, 2.45) is 17.3 Å². The van der Waals surface area contributed by atoms with Gasteiger partial charge >= 0.3 is 5.97 Å². The van der Waals surface area contributed by atoms with E-state index in [9.17, 15) is 9.59 Å². The highest BCUT2D eigenvalue weighted by molar-refractivity contribution is 6.73. The average molecular weight is 477 g/mol. The third kappa shape index (κ3) is 4.32. The molecule has 0 aliphatic heterocycles. The largest absolute Gasteiger partial charge is 0.466 e. The molecule has 4 atom stereocenters. The summed E-state index contributed by atoms with van der Waals surface area (Å²) in [4.78, 5) is 26.5. The number of allylic oxidation sites excluding steroid dienone is 1. The number of Topliss-reactive ketones (excluding diaryl/α,β-unsaturated/α-hetero) is 1. The maximum absolute atomic E-state index is 13.3. The molecule has 3 rings (SSSR count). The lowest BCUT2D eigenvalue weighted by atomic mass is 9.69. The first-order valence-electron chi connectivity index (χ1n) is 12.9. The molecule has 0 amide bonds. The highest BCUT2D eigenvalue weighted by Crippen LogP contribution is 2.58. The molecule has 186 valence electrons. The molecular weight excluding hydrogens is 432 g/mol. The number of hydrogen-bond acceptors (Lipinski definition) is 5. The second kappa shape index (κ2) is 9.78.